The highest BCUT2D eigenvalue weighted by Gasteiger charge is 2.44. The molecule has 1 saturated heterocycles. The molecule has 1 rings (SSSR count). The van der Waals surface area contributed by atoms with Crippen LogP contribution in [0.25, 0.3) is 0 Å². The molecule has 7 nitrogen and oxygen atoms in total. The van der Waals surface area contributed by atoms with E-state index in [0.29, 0.717) is 13.0 Å². The van der Waals surface area contributed by atoms with Crippen molar-refractivity contribution in [3.05, 3.63) is 12.2 Å². The number of carbonyl (C=O) groups is 3. The average molecular weight is 328 g/mol. The van der Waals surface area contributed by atoms with Crippen LogP contribution in [0.2, 0.25) is 0 Å². The first-order valence-corrected chi connectivity index (χ1v) is 7.70. The van der Waals surface area contributed by atoms with Crippen molar-refractivity contribution in [2.24, 2.45) is 0 Å². The van der Waals surface area contributed by atoms with Crippen molar-refractivity contribution in [3.8, 4) is 0 Å². The smallest absolute Gasteiger partial charge is 0.350 e. The van der Waals surface area contributed by atoms with Crippen LogP contribution in [0, 0.1) is 0 Å². The Morgan fingerprint density at radius 2 is 2.00 bits per heavy atom. The van der Waals surface area contributed by atoms with Gasteiger partial charge in [0, 0.05) is 18.4 Å². The van der Waals surface area contributed by atoms with E-state index >= 15 is 0 Å². The third kappa shape index (κ3) is 6.40. The number of esters is 2. The van der Waals surface area contributed by atoms with Crippen LogP contribution in [0.1, 0.15) is 46.0 Å². The molecular formula is C16H24O7. The fourth-order valence-electron chi connectivity index (χ4n) is 1.97. The van der Waals surface area contributed by atoms with E-state index in [4.69, 9.17) is 19.3 Å². The largest absolute Gasteiger partial charge is 0.481 e. The van der Waals surface area contributed by atoms with Gasteiger partial charge in [0.15, 0.2) is 0 Å². The first kappa shape index (κ1) is 19.2. The molecule has 1 N–H and O–H groups in total. The molecule has 0 spiro atoms. The van der Waals surface area contributed by atoms with E-state index in [0.717, 1.165) is 6.42 Å². The molecule has 1 fully saturated rings. The molecule has 1 aliphatic heterocycles. The zero-order chi connectivity index (χ0) is 17.5. The second kappa shape index (κ2) is 8.67. The van der Waals surface area contributed by atoms with Crippen LogP contribution < -0.4 is 0 Å². The topological polar surface area (TPSA) is 102 Å². The monoisotopic (exact) mass is 328 g/mol. The molecule has 7 heteroatoms. The fraction of sp³-hybridized carbons (Fsp3) is 0.688. The molecule has 0 aromatic heterocycles. The quantitative estimate of drug-likeness (QED) is 0.351. The van der Waals surface area contributed by atoms with E-state index in [-0.39, 0.29) is 37.5 Å². The summed E-state index contributed by atoms with van der Waals surface area (Å²) in [5.41, 5.74) is -1.46. The minimum absolute atomic E-state index is 0.0738. The van der Waals surface area contributed by atoms with Gasteiger partial charge in [0.05, 0.1) is 6.61 Å². The first-order chi connectivity index (χ1) is 10.8. The van der Waals surface area contributed by atoms with Gasteiger partial charge < -0.3 is 19.3 Å². The van der Waals surface area contributed by atoms with Gasteiger partial charge in [0.2, 0.25) is 5.60 Å². The Morgan fingerprint density at radius 3 is 2.48 bits per heavy atom. The number of rotatable bonds is 11. The second-order valence-electron chi connectivity index (χ2n) is 5.72. The molecule has 1 aliphatic rings. The van der Waals surface area contributed by atoms with E-state index in [9.17, 15) is 14.4 Å². The van der Waals surface area contributed by atoms with Crippen molar-refractivity contribution in [1.82, 2.24) is 0 Å². The van der Waals surface area contributed by atoms with Crippen LogP contribution in [0.5, 0.6) is 0 Å². The highest BCUT2D eigenvalue weighted by molar-refractivity contribution is 5.91. The maximum atomic E-state index is 12.5. The van der Waals surface area contributed by atoms with Gasteiger partial charge in [0.25, 0.3) is 0 Å². The molecule has 0 radical (unpaired) electrons. The average Bonchev–Trinajstić information content (AvgIpc) is 3.31. The number of aliphatic carboxylic acids is 1. The zero-order valence-electron chi connectivity index (χ0n) is 13.6. The summed E-state index contributed by atoms with van der Waals surface area (Å²) in [5, 5.41) is 8.93. The summed E-state index contributed by atoms with van der Waals surface area (Å²) >= 11 is 0. The number of hydrogen-bond acceptors (Lipinski definition) is 6. The van der Waals surface area contributed by atoms with Crippen molar-refractivity contribution in [1.29, 1.82) is 0 Å². The summed E-state index contributed by atoms with van der Waals surface area (Å²) in [6.45, 7) is 7.48. The lowest BCUT2D eigenvalue weighted by atomic mass is 9.91. The van der Waals surface area contributed by atoms with Gasteiger partial charge in [-0.3, -0.25) is 4.79 Å². The predicted octanol–water partition coefficient (Wildman–Crippen LogP) is 1.84. The minimum atomic E-state index is -1.60. The molecule has 0 aliphatic carbocycles. The molecule has 0 bridgehead atoms. The van der Waals surface area contributed by atoms with E-state index in [1.54, 1.807) is 0 Å². The lowest BCUT2D eigenvalue weighted by molar-refractivity contribution is -0.183. The number of hydrogen-bond donors (Lipinski definition) is 1. The van der Waals surface area contributed by atoms with Gasteiger partial charge in [0.1, 0.15) is 12.7 Å². The van der Waals surface area contributed by atoms with Crippen LogP contribution in [0.3, 0.4) is 0 Å². The Kier molecular flexibility index (Phi) is 7.22. The van der Waals surface area contributed by atoms with Gasteiger partial charge >= 0.3 is 17.9 Å². The number of carboxylic acids is 1. The van der Waals surface area contributed by atoms with Gasteiger partial charge in [-0.1, -0.05) is 19.9 Å². The number of epoxide rings is 1. The third-order valence-electron chi connectivity index (χ3n) is 3.49. The van der Waals surface area contributed by atoms with Crippen LogP contribution in [-0.4, -0.2) is 47.9 Å². The van der Waals surface area contributed by atoms with Gasteiger partial charge in [-0.2, -0.15) is 0 Å². The van der Waals surface area contributed by atoms with Crippen molar-refractivity contribution in [3.63, 3.8) is 0 Å². The number of carboxylic acid groups (broad SMARTS) is 1. The van der Waals surface area contributed by atoms with Gasteiger partial charge in [-0.25, -0.2) is 9.59 Å². The first-order valence-electron chi connectivity index (χ1n) is 7.70. The van der Waals surface area contributed by atoms with Crippen LogP contribution in [-0.2, 0) is 28.6 Å². The molecule has 1 heterocycles. The summed E-state index contributed by atoms with van der Waals surface area (Å²) in [6.07, 6.45) is 1.00. The van der Waals surface area contributed by atoms with E-state index in [1.165, 1.54) is 6.92 Å². The lowest BCUT2D eigenvalue weighted by Gasteiger charge is -2.31. The highest BCUT2D eigenvalue weighted by atomic mass is 16.6. The number of carbonyl (C=O) groups excluding carboxylic acids is 2. The van der Waals surface area contributed by atoms with Crippen molar-refractivity contribution in [2.45, 2.75) is 57.7 Å². The summed E-state index contributed by atoms with van der Waals surface area (Å²) in [7, 11) is 0. The van der Waals surface area contributed by atoms with Crippen LogP contribution >= 0.6 is 0 Å². The Labute approximate surface area is 135 Å². The van der Waals surface area contributed by atoms with E-state index in [1.807, 2.05) is 6.92 Å². The highest BCUT2D eigenvalue weighted by Crippen LogP contribution is 2.29. The molecular weight excluding hydrogens is 304 g/mol. The maximum absolute atomic E-state index is 12.5. The van der Waals surface area contributed by atoms with Crippen LogP contribution in [0.15, 0.2) is 12.2 Å². The maximum Gasteiger partial charge on any atom is 0.350 e. The second-order valence-corrected chi connectivity index (χ2v) is 5.72. The SMILES string of the molecule is C=C(C)C(=O)OC(CCCC)(CCC(=O)O)C(=O)OCC1CO1. The molecule has 130 valence electrons. The van der Waals surface area contributed by atoms with Crippen LogP contribution in [0.4, 0.5) is 0 Å². The molecule has 2 unspecified atom stereocenters. The third-order valence-corrected chi connectivity index (χ3v) is 3.49. The summed E-state index contributed by atoms with van der Waals surface area (Å²) in [6, 6.07) is 0. The minimum Gasteiger partial charge on any atom is -0.481 e. The summed E-state index contributed by atoms with van der Waals surface area (Å²) < 4.78 is 15.5. The molecule has 0 amide bonds. The number of unbranched alkanes of at least 4 members (excludes halogenated alkanes) is 1. The molecule has 0 aromatic carbocycles. The summed E-state index contributed by atoms with van der Waals surface area (Å²) in [4.78, 5) is 35.3. The van der Waals surface area contributed by atoms with E-state index in [2.05, 4.69) is 6.58 Å². The molecule has 2 atom stereocenters. The molecule has 23 heavy (non-hydrogen) atoms. The normalized spacial score (nSPS) is 18.6. The predicted molar refractivity (Wildman–Crippen MR) is 80.7 cm³/mol. The standard InChI is InChI=1S/C16H24O7/c1-4-5-7-16(8-6-13(17)18,23-14(19)11(2)3)15(20)22-10-12-9-21-12/h12H,2,4-10H2,1,3H3,(H,17,18). The van der Waals surface area contributed by atoms with Gasteiger partial charge in [-0.05, 0) is 19.8 Å². The Morgan fingerprint density at radius 1 is 1.35 bits per heavy atom. The Hall–Kier alpha value is -1.89. The fourth-order valence-corrected chi connectivity index (χ4v) is 1.97. The summed E-state index contributed by atoms with van der Waals surface area (Å²) in [5.74, 6) is -2.53. The van der Waals surface area contributed by atoms with Crippen molar-refractivity contribution in [2.75, 3.05) is 13.2 Å². The van der Waals surface area contributed by atoms with E-state index < -0.39 is 23.5 Å². The van der Waals surface area contributed by atoms with Crippen molar-refractivity contribution >= 4 is 17.9 Å². The molecule has 0 aromatic rings. The number of ether oxygens (including phenoxy) is 3. The Bertz CT molecular complexity index is 467. The van der Waals surface area contributed by atoms with Crippen molar-refractivity contribution < 1.29 is 33.7 Å². The zero-order valence-corrected chi connectivity index (χ0v) is 13.6. The van der Waals surface area contributed by atoms with Gasteiger partial charge in [-0.15, -0.1) is 0 Å². The lowest BCUT2D eigenvalue weighted by Crippen LogP contribution is -2.45. The Balaban J connectivity index is 2.91. The molecule has 0 saturated carbocycles.